The molecule has 0 unspecified atom stereocenters. The largest absolute Gasteiger partial charge is 0.194 e. The molecule has 0 heterocycles. The second kappa shape index (κ2) is 16.9. The lowest BCUT2D eigenvalue weighted by molar-refractivity contribution is 0.761. The molecular formula is C12H26N4S2. The van der Waals surface area contributed by atoms with Gasteiger partial charge in [-0.3, -0.25) is 0 Å². The third-order valence-corrected chi connectivity index (χ3v) is 4.42. The molecule has 0 spiro atoms. The highest BCUT2D eigenvalue weighted by molar-refractivity contribution is 8.76. The molecular weight excluding hydrogens is 264 g/mol. The predicted octanol–water partition coefficient (Wildman–Crippen LogP) is 4.87. The molecule has 18 heavy (non-hydrogen) atoms. The molecule has 0 N–H and O–H groups in total. The first kappa shape index (κ1) is 17.9. The van der Waals surface area contributed by atoms with Crippen LogP contribution in [0, 0.1) is 0 Å². The van der Waals surface area contributed by atoms with E-state index >= 15 is 0 Å². The van der Waals surface area contributed by atoms with Gasteiger partial charge in [-0.1, -0.05) is 48.3 Å². The van der Waals surface area contributed by atoms with Gasteiger partial charge in [-0.25, -0.2) is 0 Å². The van der Waals surface area contributed by atoms with Crippen molar-refractivity contribution >= 4 is 21.6 Å². The second-order valence-electron chi connectivity index (χ2n) is 3.81. The van der Waals surface area contributed by atoms with E-state index in [0.29, 0.717) is 0 Å². The summed E-state index contributed by atoms with van der Waals surface area (Å²) >= 11 is 0. The van der Waals surface area contributed by atoms with Gasteiger partial charge in [0, 0.05) is 11.5 Å². The molecule has 0 aliphatic carbocycles. The molecule has 0 aromatic carbocycles. The summed E-state index contributed by atoms with van der Waals surface area (Å²) < 4.78 is 0. The van der Waals surface area contributed by atoms with Crippen LogP contribution in [-0.2, 0) is 0 Å². The lowest BCUT2D eigenvalue weighted by Gasteiger charge is -1.96. The quantitative estimate of drug-likeness (QED) is 0.276. The van der Waals surface area contributed by atoms with E-state index in [1.54, 1.807) is 0 Å². The van der Waals surface area contributed by atoms with Crippen molar-refractivity contribution in [2.75, 3.05) is 37.7 Å². The maximum atomic E-state index is 4.13. The monoisotopic (exact) mass is 290 g/mol. The highest BCUT2D eigenvalue weighted by atomic mass is 33.1. The summed E-state index contributed by atoms with van der Waals surface area (Å²) in [6, 6.07) is 0. The summed E-state index contributed by atoms with van der Waals surface area (Å²) in [5, 5.41) is 16.5. The Hall–Kier alpha value is -0.100. The fourth-order valence-corrected chi connectivity index (χ4v) is 2.72. The highest BCUT2D eigenvalue weighted by Gasteiger charge is 1.89. The summed E-state index contributed by atoms with van der Waals surface area (Å²) in [6.45, 7) is 7.76. The number of nitrogens with zero attached hydrogens (tertiary/aromatic N) is 4. The molecule has 0 aliphatic rings. The summed E-state index contributed by atoms with van der Waals surface area (Å²) in [5.74, 6) is 2.07. The molecule has 0 atom stereocenters. The average molecular weight is 291 g/mol. The first-order valence-electron chi connectivity index (χ1n) is 6.82. The van der Waals surface area contributed by atoms with Crippen molar-refractivity contribution < 1.29 is 0 Å². The van der Waals surface area contributed by atoms with Crippen LogP contribution in [0.15, 0.2) is 20.5 Å². The molecule has 0 aliphatic heterocycles. The van der Waals surface area contributed by atoms with Gasteiger partial charge in [0.2, 0.25) is 0 Å². The Kier molecular flexibility index (Phi) is 16.8. The number of rotatable bonds is 13. The molecule has 4 nitrogen and oxygen atoms in total. The van der Waals surface area contributed by atoms with Crippen LogP contribution in [-0.4, -0.2) is 37.7 Å². The minimum atomic E-state index is 0.833. The fourth-order valence-electron chi connectivity index (χ4n) is 1.01. The zero-order chi connectivity index (χ0) is 13.3. The fraction of sp³-hybridized carbons (Fsp3) is 1.00. The van der Waals surface area contributed by atoms with Crippen molar-refractivity contribution in [3.05, 3.63) is 0 Å². The van der Waals surface area contributed by atoms with Gasteiger partial charge in [-0.05, 0) is 12.8 Å². The predicted molar refractivity (Wildman–Crippen MR) is 83.9 cm³/mol. The van der Waals surface area contributed by atoms with Crippen molar-refractivity contribution in [1.82, 2.24) is 0 Å². The smallest absolute Gasteiger partial charge is 0.0697 e. The van der Waals surface area contributed by atoms with E-state index in [9.17, 15) is 0 Å². The molecule has 0 saturated carbocycles. The van der Waals surface area contributed by atoms with E-state index in [4.69, 9.17) is 0 Å². The molecule has 106 valence electrons. The van der Waals surface area contributed by atoms with Crippen LogP contribution in [0.4, 0.5) is 0 Å². The van der Waals surface area contributed by atoms with Crippen molar-refractivity contribution in [3.8, 4) is 0 Å². The van der Waals surface area contributed by atoms with Crippen LogP contribution in [0.5, 0.6) is 0 Å². The summed E-state index contributed by atoms with van der Waals surface area (Å²) in [7, 11) is 3.69. The van der Waals surface area contributed by atoms with Gasteiger partial charge >= 0.3 is 0 Å². The zero-order valence-electron chi connectivity index (χ0n) is 11.7. The SMILES string of the molecule is CCCC/N=N/CCSSCC/N=N/CCCC. The van der Waals surface area contributed by atoms with Crippen molar-refractivity contribution in [2.24, 2.45) is 20.5 Å². The highest BCUT2D eigenvalue weighted by Crippen LogP contribution is 2.20. The third-order valence-electron chi connectivity index (χ3n) is 2.06. The van der Waals surface area contributed by atoms with Gasteiger partial charge in [0.25, 0.3) is 0 Å². The van der Waals surface area contributed by atoms with E-state index in [0.717, 1.165) is 50.5 Å². The Bertz CT molecular complexity index is 188. The molecule has 0 fully saturated rings. The summed E-state index contributed by atoms with van der Waals surface area (Å²) in [6.07, 6.45) is 4.68. The molecule has 0 aromatic heterocycles. The van der Waals surface area contributed by atoms with Gasteiger partial charge < -0.3 is 0 Å². The molecule has 6 heteroatoms. The Labute approximate surface area is 119 Å². The lowest BCUT2D eigenvalue weighted by Crippen LogP contribution is -1.86. The lowest BCUT2D eigenvalue weighted by atomic mass is 10.3. The minimum Gasteiger partial charge on any atom is -0.194 e. The second-order valence-corrected chi connectivity index (χ2v) is 6.51. The van der Waals surface area contributed by atoms with Crippen LogP contribution >= 0.6 is 21.6 Å². The van der Waals surface area contributed by atoms with E-state index in [2.05, 4.69) is 34.3 Å². The average Bonchev–Trinajstić information content (AvgIpc) is 2.39. The maximum Gasteiger partial charge on any atom is 0.0697 e. The van der Waals surface area contributed by atoms with Gasteiger partial charge in [0.1, 0.15) is 0 Å². The van der Waals surface area contributed by atoms with Crippen molar-refractivity contribution in [3.63, 3.8) is 0 Å². The van der Waals surface area contributed by atoms with Crippen molar-refractivity contribution in [2.45, 2.75) is 39.5 Å². The molecule has 0 radical (unpaired) electrons. The first-order chi connectivity index (χ1) is 8.91. The van der Waals surface area contributed by atoms with Crippen LogP contribution in [0.25, 0.3) is 0 Å². The number of hydrogen-bond donors (Lipinski definition) is 0. The Morgan fingerprint density at radius 3 is 1.39 bits per heavy atom. The van der Waals surface area contributed by atoms with E-state index in [1.807, 2.05) is 21.6 Å². The van der Waals surface area contributed by atoms with Crippen LogP contribution in [0.1, 0.15) is 39.5 Å². The van der Waals surface area contributed by atoms with Crippen LogP contribution in [0.2, 0.25) is 0 Å². The summed E-state index contributed by atoms with van der Waals surface area (Å²) in [4.78, 5) is 0. The van der Waals surface area contributed by atoms with E-state index in [-0.39, 0.29) is 0 Å². The number of hydrogen-bond acceptors (Lipinski definition) is 6. The molecule has 0 saturated heterocycles. The van der Waals surface area contributed by atoms with Crippen molar-refractivity contribution in [1.29, 1.82) is 0 Å². The minimum absolute atomic E-state index is 0.833. The van der Waals surface area contributed by atoms with Gasteiger partial charge in [0.15, 0.2) is 0 Å². The molecule has 0 rings (SSSR count). The van der Waals surface area contributed by atoms with Gasteiger partial charge in [-0.15, -0.1) is 0 Å². The molecule has 0 aromatic rings. The third kappa shape index (κ3) is 15.9. The number of unbranched alkanes of at least 4 members (excludes halogenated alkanes) is 2. The maximum absolute atomic E-state index is 4.13. The first-order valence-corrected chi connectivity index (χ1v) is 9.31. The van der Waals surface area contributed by atoms with Crippen LogP contribution in [0.3, 0.4) is 0 Å². The Morgan fingerprint density at radius 2 is 1.00 bits per heavy atom. The summed E-state index contributed by atoms with van der Waals surface area (Å²) in [5.41, 5.74) is 0. The van der Waals surface area contributed by atoms with Gasteiger partial charge in [-0.2, -0.15) is 20.5 Å². The zero-order valence-corrected chi connectivity index (χ0v) is 13.3. The number of azo groups is 2. The standard InChI is InChI=1S/C12H26N4S2/c1-3-5-7-13-15-9-11-17-18-12-10-16-14-8-6-4-2/h3-12H2,1-2H3/b15-13+,16-14+. The van der Waals surface area contributed by atoms with Gasteiger partial charge in [0.05, 0.1) is 26.2 Å². The van der Waals surface area contributed by atoms with E-state index in [1.165, 1.54) is 12.8 Å². The van der Waals surface area contributed by atoms with Crippen LogP contribution < -0.4 is 0 Å². The normalized spacial score (nSPS) is 11.9. The Morgan fingerprint density at radius 1 is 0.611 bits per heavy atom. The Balaban J connectivity index is 3.07. The molecule has 0 bridgehead atoms. The molecule has 0 amide bonds. The topological polar surface area (TPSA) is 49.4 Å². The van der Waals surface area contributed by atoms with E-state index < -0.39 is 0 Å².